The Morgan fingerprint density at radius 3 is 1.42 bits per heavy atom. The summed E-state index contributed by atoms with van der Waals surface area (Å²) in [5.41, 5.74) is 1.15. The van der Waals surface area contributed by atoms with Gasteiger partial charge in [-0.1, -0.05) is 64.7 Å². The van der Waals surface area contributed by atoms with Gasteiger partial charge in [0.1, 0.15) is 0 Å². The molecule has 0 aliphatic carbocycles. The minimum atomic E-state index is 0. The van der Waals surface area contributed by atoms with Crippen molar-refractivity contribution in [2.75, 3.05) is 0 Å². The minimum absolute atomic E-state index is 0. The quantitative estimate of drug-likeness (QED) is 0.444. The maximum absolute atomic E-state index is 3.56. The summed E-state index contributed by atoms with van der Waals surface area (Å²) in [5, 5.41) is 0. The van der Waals surface area contributed by atoms with Gasteiger partial charge in [0, 0.05) is 0 Å². The lowest BCUT2D eigenvalue weighted by Crippen LogP contribution is -1.58. The number of rotatable bonds is 2. The van der Waals surface area contributed by atoms with Crippen molar-refractivity contribution in [1.29, 1.82) is 0 Å². The fraction of sp³-hybridized carbons (Fsp3) is 0.455. The zero-order valence-corrected chi connectivity index (χ0v) is 10.8. The summed E-state index contributed by atoms with van der Waals surface area (Å²) in [6.45, 7) is 17.1. The third-order valence-electron chi connectivity index (χ3n) is 0.703. The summed E-state index contributed by atoms with van der Waals surface area (Å²) in [6, 6.07) is 0. The molecule has 1 heteroatoms. The van der Waals surface area contributed by atoms with Crippen molar-refractivity contribution < 1.29 is 0 Å². The van der Waals surface area contributed by atoms with Crippen LogP contribution in [0.25, 0.3) is 0 Å². The second-order valence-electron chi connectivity index (χ2n) is 1.35. The third-order valence-corrected chi connectivity index (χ3v) is 0.703. The lowest BCUT2D eigenvalue weighted by atomic mass is 10.3. The molecule has 0 spiro atoms. The molecule has 0 bridgehead atoms. The molecule has 0 saturated carbocycles. The van der Waals surface area contributed by atoms with Crippen molar-refractivity contribution in [3.05, 3.63) is 37.0 Å². The SMILES string of the molecule is C=C/C=C(/C)C=C.CC.CC.P. The molecule has 0 fully saturated rings. The average molecular weight is 188 g/mol. The Balaban J connectivity index is -0.0000000560. The van der Waals surface area contributed by atoms with Crippen LogP contribution in [0, 0.1) is 0 Å². The van der Waals surface area contributed by atoms with Gasteiger partial charge in [0.2, 0.25) is 0 Å². The summed E-state index contributed by atoms with van der Waals surface area (Å²) >= 11 is 0. The molecule has 1 unspecified atom stereocenters. The lowest BCUT2D eigenvalue weighted by Gasteiger charge is -1.80. The van der Waals surface area contributed by atoms with Gasteiger partial charge in [-0.2, -0.15) is 9.90 Å². The van der Waals surface area contributed by atoms with Crippen LogP contribution in [-0.2, 0) is 0 Å². The Bertz CT molecular complexity index is 102. The summed E-state index contributed by atoms with van der Waals surface area (Å²) in [6.07, 6.45) is 5.45. The van der Waals surface area contributed by atoms with Crippen LogP contribution < -0.4 is 0 Å². The standard InChI is InChI=1S/C7H10.2C2H6.H3P/c1-4-6-7(3)5-2;2*1-2;/h4-6H,1-2H2,3H3;2*1-2H3;1H3/b7-6-;;;. The monoisotopic (exact) mass is 188 g/mol. The maximum Gasteiger partial charge on any atom is -0.0398 e. The highest BCUT2D eigenvalue weighted by Crippen LogP contribution is 1.90. The molecule has 0 N–H and O–H groups in total. The van der Waals surface area contributed by atoms with Crippen molar-refractivity contribution in [3.63, 3.8) is 0 Å². The summed E-state index contributed by atoms with van der Waals surface area (Å²) in [7, 11) is 0. The number of allylic oxidation sites excluding steroid dienone is 4. The summed E-state index contributed by atoms with van der Waals surface area (Å²) < 4.78 is 0. The molecule has 0 aromatic carbocycles. The smallest absolute Gasteiger partial charge is 0.0398 e. The van der Waals surface area contributed by atoms with E-state index in [0.29, 0.717) is 0 Å². The van der Waals surface area contributed by atoms with Gasteiger partial charge >= 0.3 is 0 Å². The van der Waals surface area contributed by atoms with Gasteiger partial charge in [0.15, 0.2) is 0 Å². The van der Waals surface area contributed by atoms with Gasteiger partial charge < -0.3 is 0 Å². The Morgan fingerprint density at radius 1 is 1.00 bits per heavy atom. The molecular weight excluding hydrogens is 163 g/mol. The Labute approximate surface area is 82.1 Å². The van der Waals surface area contributed by atoms with Crippen LogP contribution in [-0.4, -0.2) is 0 Å². The first-order valence-corrected chi connectivity index (χ1v) is 4.23. The second kappa shape index (κ2) is 31.1. The number of hydrogen-bond acceptors (Lipinski definition) is 0. The molecule has 0 aliphatic rings. The molecule has 0 saturated heterocycles. The first-order chi connectivity index (χ1) is 5.31. The molecule has 0 aromatic rings. The van der Waals surface area contributed by atoms with Gasteiger partial charge in [-0.3, -0.25) is 0 Å². The predicted molar refractivity (Wildman–Crippen MR) is 68.0 cm³/mol. The molecular formula is C11H25P. The second-order valence-corrected chi connectivity index (χ2v) is 1.35. The van der Waals surface area contributed by atoms with Crippen LogP contribution in [0.2, 0.25) is 0 Å². The zero-order chi connectivity index (χ0) is 9.70. The summed E-state index contributed by atoms with van der Waals surface area (Å²) in [5.74, 6) is 0. The van der Waals surface area contributed by atoms with Crippen molar-refractivity contribution in [1.82, 2.24) is 0 Å². The van der Waals surface area contributed by atoms with Crippen LogP contribution in [0.1, 0.15) is 34.6 Å². The molecule has 0 rings (SSSR count). The highest BCUT2D eigenvalue weighted by Gasteiger charge is 1.68. The lowest BCUT2D eigenvalue weighted by molar-refractivity contribution is 1.50. The Kier molecular flexibility index (Phi) is 58.5. The molecule has 74 valence electrons. The highest BCUT2D eigenvalue weighted by atomic mass is 31.0. The molecule has 0 nitrogen and oxygen atoms in total. The van der Waals surface area contributed by atoms with Gasteiger partial charge in [-0.25, -0.2) is 0 Å². The third kappa shape index (κ3) is 33.4. The number of hydrogen-bond donors (Lipinski definition) is 0. The topological polar surface area (TPSA) is 0 Å². The Morgan fingerprint density at radius 2 is 1.33 bits per heavy atom. The van der Waals surface area contributed by atoms with Crippen LogP contribution in [0.15, 0.2) is 37.0 Å². The molecule has 0 aromatic heterocycles. The van der Waals surface area contributed by atoms with E-state index in [-0.39, 0.29) is 9.90 Å². The maximum atomic E-state index is 3.56. The van der Waals surface area contributed by atoms with Crippen molar-refractivity contribution in [2.45, 2.75) is 34.6 Å². The first kappa shape index (κ1) is 22.6. The summed E-state index contributed by atoms with van der Waals surface area (Å²) in [4.78, 5) is 0. The van der Waals surface area contributed by atoms with Crippen LogP contribution in [0.4, 0.5) is 0 Å². The molecule has 0 heterocycles. The van der Waals surface area contributed by atoms with Crippen LogP contribution in [0.3, 0.4) is 0 Å². The van der Waals surface area contributed by atoms with Gasteiger partial charge in [-0.05, 0) is 6.92 Å². The van der Waals surface area contributed by atoms with Crippen molar-refractivity contribution >= 4 is 9.90 Å². The van der Waals surface area contributed by atoms with E-state index in [4.69, 9.17) is 0 Å². The molecule has 0 aliphatic heterocycles. The normalized spacial score (nSPS) is 7.25. The fourth-order valence-corrected chi connectivity index (χ4v) is 0.254. The molecule has 0 radical (unpaired) electrons. The molecule has 12 heavy (non-hydrogen) atoms. The van der Waals surface area contributed by atoms with E-state index in [1.54, 1.807) is 12.2 Å². The van der Waals surface area contributed by atoms with E-state index in [0.717, 1.165) is 5.57 Å². The first-order valence-electron chi connectivity index (χ1n) is 4.23. The largest absolute Gasteiger partial charge is 0.153 e. The van der Waals surface area contributed by atoms with E-state index in [1.807, 2.05) is 40.7 Å². The molecule has 0 amide bonds. The van der Waals surface area contributed by atoms with Crippen molar-refractivity contribution in [3.8, 4) is 0 Å². The van der Waals surface area contributed by atoms with Crippen LogP contribution in [0.5, 0.6) is 0 Å². The van der Waals surface area contributed by atoms with E-state index in [1.165, 1.54) is 0 Å². The van der Waals surface area contributed by atoms with Crippen molar-refractivity contribution in [2.24, 2.45) is 0 Å². The van der Waals surface area contributed by atoms with E-state index < -0.39 is 0 Å². The van der Waals surface area contributed by atoms with E-state index in [2.05, 4.69) is 13.2 Å². The van der Waals surface area contributed by atoms with Crippen LogP contribution >= 0.6 is 9.90 Å². The minimum Gasteiger partial charge on any atom is -0.153 e. The van der Waals surface area contributed by atoms with E-state index in [9.17, 15) is 0 Å². The highest BCUT2D eigenvalue weighted by molar-refractivity contribution is 6.92. The fourth-order valence-electron chi connectivity index (χ4n) is 0.254. The predicted octanol–water partition coefficient (Wildman–Crippen LogP) is 4.42. The molecule has 1 atom stereocenters. The van der Waals surface area contributed by atoms with Gasteiger partial charge in [0.25, 0.3) is 0 Å². The average Bonchev–Trinajstić information content (AvgIpc) is 2.12. The van der Waals surface area contributed by atoms with Gasteiger partial charge in [-0.15, -0.1) is 0 Å². The van der Waals surface area contributed by atoms with E-state index >= 15 is 0 Å². The zero-order valence-electron chi connectivity index (χ0n) is 9.35. The Hall–Kier alpha value is -0.350. The van der Waals surface area contributed by atoms with Gasteiger partial charge in [0.05, 0.1) is 0 Å².